The van der Waals surface area contributed by atoms with Crippen molar-refractivity contribution in [3.63, 3.8) is 0 Å². The average molecular weight is 200 g/mol. The molecule has 5 heteroatoms. The Morgan fingerprint density at radius 2 is 2.29 bits per heavy atom. The molecule has 14 heavy (non-hydrogen) atoms. The molecule has 0 saturated carbocycles. The van der Waals surface area contributed by atoms with E-state index in [1.54, 1.807) is 7.11 Å². The summed E-state index contributed by atoms with van der Waals surface area (Å²) in [5.41, 5.74) is -0.309. The first-order chi connectivity index (χ1) is 6.77. The van der Waals surface area contributed by atoms with Gasteiger partial charge in [-0.1, -0.05) is 0 Å². The fraction of sp³-hybridized carbons (Fsp3) is 0.444. The highest BCUT2D eigenvalue weighted by molar-refractivity contribution is 5.17. The van der Waals surface area contributed by atoms with Crippen molar-refractivity contribution in [3.05, 3.63) is 28.3 Å². The summed E-state index contributed by atoms with van der Waals surface area (Å²) in [6.45, 7) is 0.397. The molecule has 1 aromatic heterocycles. The Balaban J connectivity index is 2.64. The quantitative estimate of drug-likeness (QED) is 0.685. The lowest BCUT2D eigenvalue weighted by atomic mass is 10.4. The van der Waals surface area contributed by atoms with Crippen LogP contribution in [0.3, 0.4) is 0 Å². The van der Waals surface area contributed by atoms with Crippen molar-refractivity contribution in [1.29, 1.82) is 0 Å². The van der Waals surface area contributed by atoms with Gasteiger partial charge in [0.05, 0.1) is 6.61 Å². The van der Waals surface area contributed by atoms with Crippen LogP contribution in [-0.2, 0) is 11.3 Å². The van der Waals surface area contributed by atoms with Crippen LogP contribution >= 0.6 is 0 Å². The highest BCUT2D eigenvalue weighted by Gasteiger charge is 2.03. The number of aliphatic hydroxyl groups excluding tert-OH is 1. The second-order valence-corrected chi connectivity index (χ2v) is 2.57. The molecular weight excluding hydrogens is 188 g/mol. The van der Waals surface area contributed by atoms with Crippen molar-refractivity contribution in [1.82, 2.24) is 0 Å². The van der Waals surface area contributed by atoms with Crippen molar-refractivity contribution in [2.24, 2.45) is 0 Å². The molecule has 0 saturated heterocycles. The maximum absolute atomic E-state index is 11.3. The first kappa shape index (κ1) is 10.7. The molecule has 0 unspecified atom stereocenters. The maximum atomic E-state index is 11.3. The van der Waals surface area contributed by atoms with E-state index in [2.05, 4.69) is 0 Å². The van der Waals surface area contributed by atoms with Gasteiger partial charge < -0.3 is 19.0 Å². The highest BCUT2D eigenvalue weighted by atomic mass is 16.5. The Hall–Kier alpha value is -1.33. The van der Waals surface area contributed by atoms with E-state index in [-0.39, 0.29) is 23.5 Å². The molecule has 78 valence electrons. The summed E-state index contributed by atoms with van der Waals surface area (Å²) in [6, 6.07) is 1.20. The van der Waals surface area contributed by atoms with E-state index in [0.29, 0.717) is 13.2 Å². The van der Waals surface area contributed by atoms with E-state index in [4.69, 9.17) is 19.0 Å². The topological polar surface area (TPSA) is 68.9 Å². The lowest BCUT2D eigenvalue weighted by Crippen LogP contribution is -2.11. The second kappa shape index (κ2) is 5.41. The lowest BCUT2D eigenvalue weighted by Gasteiger charge is -2.03. The molecule has 0 bridgehead atoms. The van der Waals surface area contributed by atoms with Crippen molar-refractivity contribution >= 4 is 0 Å². The highest BCUT2D eigenvalue weighted by Crippen LogP contribution is 2.05. The van der Waals surface area contributed by atoms with Crippen LogP contribution in [0.25, 0.3) is 0 Å². The van der Waals surface area contributed by atoms with Gasteiger partial charge in [0.2, 0.25) is 11.2 Å². The molecule has 0 aromatic carbocycles. The second-order valence-electron chi connectivity index (χ2n) is 2.57. The Morgan fingerprint density at radius 1 is 1.50 bits per heavy atom. The molecule has 0 aliphatic rings. The van der Waals surface area contributed by atoms with Crippen LogP contribution in [0.5, 0.6) is 5.75 Å². The van der Waals surface area contributed by atoms with Crippen LogP contribution in [0.4, 0.5) is 0 Å². The average Bonchev–Trinajstić information content (AvgIpc) is 2.20. The standard InChI is InChI=1S/C9H12O5/c1-12-2-3-13-9-6-14-7(5-10)4-8(9)11/h4,6,10H,2-3,5H2,1H3. The summed E-state index contributed by atoms with van der Waals surface area (Å²) in [6.07, 6.45) is 1.18. The Bertz CT molecular complexity index is 330. The van der Waals surface area contributed by atoms with Crippen molar-refractivity contribution in [2.75, 3.05) is 20.3 Å². The number of ether oxygens (including phenoxy) is 2. The molecule has 0 fully saturated rings. The minimum atomic E-state index is -0.309. The van der Waals surface area contributed by atoms with Crippen molar-refractivity contribution < 1.29 is 19.0 Å². The molecule has 1 N–H and O–H groups in total. The minimum Gasteiger partial charge on any atom is -0.484 e. The smallest absolute Gasteiger partial charge is 0.227 e. The summed E-state index contributed by atoms with van der Waals surface area (Å²) in [4.78, 5) is 11.3. The van der Waals surface area contributed by atoms with Gasteiger partial charge in [0.15, 0.2) is 0 Å². The number of hydrogen-bond acceptors (Lipinski definition) is 5. The molecule has 0 atom stereocenters. The third kappa shape index (κ3) is 2.86. The Morgan fingerprint density at radius 3 is 2.86 bits per heavy atom. The zero-order chi connectivity index (χ0) is 10.4. The fourth-order valence-electron chi connectivity index (χ4n) is 0.862. The van der Waals surface area contributed by atoms with Crippen LogP contribution in [0, 0.1) is 0 Å². The molecule has 1 aromatic rings. The van der Waals surface area contributed by atoms with E-state index in [0.717, 1.165) is 0 Å². The van der Waals surface area contributed by atoms with Crippen LogP contribution in [-0.4, -0.2) is 25.4 Å². The molecule has 0 aliphatic heterocycles. The normalized spacial score (nSPS) is 10.1. The Kier molecular flexibility index (Phi) is 4.15. The zero-order valence-electron chi connectivity index (χ0n) is 7.86. The van der Waals surface area contributed by atoms with Gasteiger partial charge in [-0.15, -0.1) is 0 Å². The van der Waals surface area contributed by atoms with E-state index in [1.807, 2.05) is 0 Å². The number of methoxy groups -OCH3 is 1. The summed E-state index contributed by atoms with van der Waals surface area (Å²) in [5.74, 6) is 0.341. The zero-order valence-corrected chi connectivity index (χ0v) is 7.86. The van der Waals surface area contributed by atoms with E-state index in [9.17, 15) is 4.79 Å². The number of rotatable bonds is 5. The van der Waals surface area contributed by atoms with E-state index in [1.165, 1.54) is 12.3 Å². The first-order valence-corrected chi connectivity index (χ1v) is 4.12. The molecule has 1 heterocycles. The van der Waals surface area contributed by atoms with Gasteiger partial charge in [-0.05, 0) is 0 Å². The predicted molar refractivity (Wildman–Crippen MR) is 48.3 cm³/mol. The van der Waals surface area contributed by atoms with E-state index < -0.39 is 0 Å². The van der Waals surface area contributed by atoms with Crippen molar-refractivity contribution in [2.45, 2.75) is 6.61 Å². The largest absolute Gasteiger partial charge is 0.484 e. The van der Waals surface area contributed by atoms with Gasteiger partial charge in [-0.3, -0.25) is 4.79 Å². The van der Waals surface area contributed by atoms with Gasteiger partial charge in [0.25, 0.3) is 0 Å². The van der Waals surface area contributed by atoms with Crippen molar-refractivity contribution in [3.8, 4) is 5.75 Å². The van der Waals surface area contributed by atoms with Gasteiger partial charge in [0.1, 0.15) is 25.2 Å². The SMILES string of the molecule is COCCOc1coc(CO)cc1=O. The third-order valence-corrected chi connectivity index (χ3v) is 1.55. The number of hydrogen-bond donors (Lipinski definition) is 1. The van der Waals surface area contributed by atoms with E-state index >= 15 is 0 Å². The molecule has 1 rings (SSSR count). The molecule has 0 spiro atoms. The molecule has 0 aliphatic carbocycles. The molecular formula is C9H12O5. The summed E-state index contributed by atoms with van der Waals surface area (Å²) < 4.78 is 14.7. The Labute approximate surface area is 80.9 Å². The summed E-state index contributed by atoms with van der Waals surface area (Å²) in [5, 5.41) is 8.67. The van der Waals surface area contributed by atoms with Gasteiger partial charge in [-0.25, -0.2) is 0 Å². The molecule has 0 amide bonds. The minimum absolute atomic E-state index is 0.124. The van der Waals surface area contributed by atoms with Gasteiger partial charge >= 0.3 is 0 Å². The van der Waals surface area contributed by atoms with Crippen LogP contribution in [0.15, 0.2) is 21.5 Å². The lowest BCUT2D eigenvalue weighted by molar-refractivity contribution is 0.143. The number of aliphatic hydroxyl groups is 1. The summed E-state index contributed by atoms with van der Waals surface area (Å²) >= 11 is 0. The predicted octanol–water partition coefficient (Wildman–Crippen LogP) is 0.157. The maximum Gasteiger partial charge on any atom is 0.227 e. The third-order valence-electron chi connectivity index (χ3n) is 1.55. The van der Waals surface area contributed by atoms with Crippen LogP contribution in [0.2, 0.25) is 0 Å². The van der Waals surface area contributed by atoms with Gasteiger partial charge in [0, 0.05) is 13.2 Å². The van der Waals surface area contributed by atoms with Gasteiger partial charge in [-0.2, -0.15) is 0 Å². The first-order valence-electron chi connectivity index (χ1n) is 4.12. The summed E-state index contributed by atoms with van der Waals surface area (Å²) in [7, 11) is 1.54. The molecule has 5 nitrogen and oxygen atoms in total. The monoisotopic (exact) mass is 200 g/mol. The molecule has 0 radical (unpaired) electrons. The van der Waals surface area contributed by atoms with Crippen LogP contribution < -0.4 is 10.2 Å². The van der Waals surface area contributed by atoms with Crippen LogP contribution in [0.1, 0.15) is 5.76 Å². The fourth-order valence-corrected chi connectivity index (χ4v) is 0.862.